The lowest BCUT2D eigenvalue weighted by atomic mass is 10.0. The molecule has 0 spiro atoms. The molecule has 1 aromatic carbocycles. The van der Waals surface area contributed by atoms with Gasteiger partial charge in [-0.1, -0.05) is 19.1 Å². The summed E-state index contributed by atoms with van der Waals surface area (Å²) < 4.78 is 10.7. The number of carbonyl (C=O) groups is 1. The monoisotopic (exact) mass is 266 g/mol. The van der Waals surface area contributed by atoms with Crippen LogP contribution in [0.3, 0.4) is 0 Å². The highest BCUT2D eigenvalue weighted by Gasteiger charge is 2.30. The van der Waals surface area contributed by atoms with Gasteiger partial charge in [-0.2, -0.15) is 0 Å². The lowest BCUT2D eigenvalue weighted by Crippen LogP contribution is -2.57. The van der Waals surface area contributed by atoms with Crippen LogP contribution in [-0.2, 0) is 16.1 Å². The molecule has 1 amide bonds. The Morgan fingerprint density at radius 1 is 1.47 bits per heavy atom. The van der Waals surface area contributed by atoms with Crippen LogP contribution in [0.5, 0.6) is 5.75 Å². The van der Waals surface area contributed by atoms with Crippen LogP contribution in [0.25, 0.3) is 0 Å². The van der Waals surface area contributed by atoms with Crippen molar-refractivity contribution in [1.82, 2.24) is 5.32 Å². The zero-order chi connectivity index (χ0) is 14.3. The molecule has 0 aromatic heterocycles. The lowest BCUT2D eigenvalue weighted by Gasteiger charge is -2.26. The van der Waals surface area contributed by atoms with Crippen molar-refractivity contribution >= 4 is 5.91 Å². The van der Waals surface area contributed by atoms with E-state index in [0.29, 0.717) is 18.9 Å². The first-order chi connectivity index (χ1) is 9.01. The van der Waals surface area contributed by atoms with Crippen molar-refractivity contribution in [1.29, 1.82) is 0 Å². The Hall–Kier alpha value is -1.59. The number of hydrogen-bond donors (Lipinski definition) is 2. The van der Waals surface area contributed by atoms with Gasteiger partial charge in [0.2, 0.25) is 5.91 Å². The van der Waals surface area contributed by atoms with Gasteiger partial charge in [-0.15, -0.1) is 0 Å². The summed E-state index contributed by atoms with van der Waals surface area (Å²) in [5.41, 5.74) is 5.55. The number of benzene rings is 1. The van der Waals surface area contributed by atoms with Gasteiger partial charge in [0.05, 0.1) is 6.61 Å². The van der Waals surface area contributed by atoms with E-state index in [1.54, 1.807) is 14.0 Å². The molecule has 1 atom stereocenters. The fourth-order valence-electron chi connectivity index (χ4n) is 1.72. The molecule has 5 nitrogen and oxygen atoms in total. The van der Waals surface area contributed by atoms with Crippen LogP contribution < -0.4 is 15.8 Å². The van der Waals surface area contributed by atoms with Crippen LogP contribution in [0.2, 0.25) is 0 Å². The largest absolute Gasteiger partial charge is 0.491 e. The van der Waals surface area contributed by atoms with Crippen molar-refractivity contribution in [3.8, 4) is 5.75 Å². The second-order valence-corrected chi connectivity index (χ2v) is 4.60. The maximum atomic E-state index is 11.5. The zero-order valence-electron chi connectivity index (χ0n) is 11.7. The quantitative estimate of drug-likeness (QED) is 0.738. The minimum Gasteiger partial charge on any atom is -0.491 e. The molecule has 1 unspecified atom stereocenters. The van der Waals surface area contributed by atoms with Gasteiger partial charge in [0, 0.05) is 7.11 Å². The van der Waals surface area contributed by atoms with Crippen molar-refractivity contribution in [3.05, 3.63) is 29.8 Å². The van der Waals surface area contributed by atoms with Gasteiger partial charge in [0.25, 0.3) is 0 Å². The van der Waals surface area contributed by atoms with Crippen LogP contribution in [0.15, 0.2) is 24.3 Å². The molecule has 19 heavy (non-hydrogen) atoms. The number of rotatable bonds is 8. The lowest BCUT2D eigenvalue weighted by molar-refractivity contribution is -0.124. The van der Waals surface area contributed by atoms with Crippen molar-refractivity contribution in [2.75, 3.05) is 20.3 Å². The minimum absolute atomic E-state index is 0.187. The van der Waals surface area contributed by atoms with Crippen molar-refractivity contribution in [2.45, 2.75) is 26.0 Å². The Morgan fingerprint density at radius 3 is 2.79 bits per heavy atom. The highest BCUT2D eigenvalue weighted by atomic mass is 16.5. The highest BCUT2D eigenvalue weighted by Crippen LogP contribution is 2.16. The minimum atomic E-state index is -0.869. The van der Waals surface area contributed by atoms with E-state index in [9.17, 15) is 4.79 Å². The molecule has 0 heterocycles. The standard InChI is InChI=1S/C14H22N2O3/c1-4-16-14(2,13(15)17)10-19-12-7-5-6-11(8-12)9-18-3/h5-8,16H,4,9-10H2,1-3H3,(H2,15,17). The Kier molecular flexibility index (Phi) is 5.79. The summed E-state index contributed by atoms with van der Waals surface area (Å²) in [5, 5.41) is 3.04. The second kappa shape index (κ2) is 7.11. The van der Waals surface area contributed by atoms with Crippen molar-refractivity contribution < 1.29 is 14.3 Å². The molecular formula is C14H22N2O3. The number of ether oxygens (including phenoxy) is 2. The molecule has 1 aromatic rings. The molecule has 0 bridgehead atoms. The van der Waals surface area contributed by atoms with Crippen LogP contribution in [0, 0.1) is 0 Å². The number of hydrogen-bond acceptors (Lipinski definition) is 4. The third kappa shape index (κ3) is 4.54. The van der Waals surface area contributed by atoms with Gasteiger partial charge < -0.3 is 20.5 Å². The summed E-state index contributed by atoms with van der Waals surface area (Å²) in [5.74, 6) is 0.266. The fourth-order valence-corrected chi connectivity index (χ4v) is 1.72. The second-order valence-electron chi connectivity index (χ2n) is 4.60. The first kappa shape index (κ1) is 15.5. The molecule has 0 aliphatic carbocycles. The average molecular weight is 266 g/mol. The maximum Gasteiger partial charge on any atom is 0.240 e. The van der Waals surface area contributed by atoms with Crippen molar-refractivity contribution in [2.24, 2.45) is 5.73 Å². The smallest absolute Gasteiger partial charge is 0.240 e. The maximum absolute atomic E-state index is 11.5. The molecule has 1 rings (SSSR count). The number of likely N-dealkylation sites (N-methyl/N-ethyl adjacent to an activating group) is 1. The van der Waals surface area contributed by atoms with E-state index >= 15 is 0 Å². The van der Waals surface area contributed by atoms with Crippen LogP contribution >= 0.6 is 0 Å². The van der Waals surface area contributed by atoms with Gasteiger partial charge >= 0.3 is 0 Å². The predicted octanol–water partition coefficient (Wildman–Crippen LogP) is 1.07. The van der Waals surface area contributed by atoms with Gasteiger partial charge in [-0.25, -0.2) is 0 Å². The third-order valence-electron chi connectivity index (χ3n) is 2.85. The number of methoxy groups -OCH3 is 1. The SMILES string of the molecule is CCNC(C)(COc1cccc(COC)c1)C(N)=O. The Morgan fingerprint density at radius 2 is 2.21 bits per heavy atom. The molecule has 0 saturated carbocycles. The molecule has 3 N–H and O–H groups in total. The first-order valence-corrected chi connectivity index (χ1v) is 6.27. The molecule has 0 radical (unpaired) electrons. The molecular weight excluding hydrogens is 244 g/mol. The third-order valence-corrected chi connectivity index (χ3v) is 2.85. The Bertz CT molecular complexity index is 423. The molecule has 0 fully saturated rings. The fraction of sp³-hybridized carbons (Fsp3) is 0.500. The summed E-state index contributed by atoms with van der Waals surface area (Å²) >= 11 is 0. The van der Waals surface area contributed by atoms with E-state index in [2.05, 4.69) is 5.32 Å². The van der Waals surface area contributed by atoms with Crippen molar-refractivity contribution in [3.63, 3.8) is 0 Å². The number of nitrogens with two attached hydrogens (primary N) is 1. The van der Waals surface area contributed by atoms with E-state index in [1.807, 2.05) is 31.2 Å². The Balaban J connectivity index is 2.69. The first-order valence-electron chi connectivity index (χ1n) is 6.27. The predicted molar refractivity (Wildman–Crippen MR) is 73.9 cm³/mol. The molecule has 0 aliphatic heterocycles. The van der Waals surface area contributed by atoms with Crippen LogP contribution in [0.1, 0.15) is 19.4 Å². The van der Waals surface area contributed by atoms with Crippen LogP contribution in [-0.4, -0.2) is 31.7 Å². The number of amides is 1. The van der Waals surface area contributed by atoms with Crippen LogP contribution in [0.4, 0.5) is 0 Å². The normalized spacial score (nSPS) is 13.8. The average Bonchev–Trinajstić information content (AvgIpc) is 2.37. The number of carbonyl (C=O) groups excluding carboxylic acids is 1. The summed E-state index contributed by atoms with van der Waals surface area (Å²) in [6, 6.07) is 7.57. The summed E-state index contributed by atoms with van der Waals surface area (Å²) in [6.45, 7) is 5.01. The number of nitrogens with one attached hydrogen (secondary N) is 1. The van der Waals surface area contributed by atoms with E-state index in [0.717, 1.165) is 5.56 Å². The van der Waals surface area contributed by atoms with Gasteiger partial charge in [0.1, 0.15) is 17.9 Å². The topological polar surface area (TPSA) is 73.6 Å². The van der Waals surface area contributed by atoms with E-state index in [1.165, 1.54) is 0 Å². The summed E-state index contributed by atoms with van der Waals surface area (Å²) in [7, 11) is 1.64. The molecule has 0 aliphatic rings. The molecule has 0 saturated heterocycles. The summed E-state index contributed by atoms with van der Waals surface area (Å²) in [4.78, 5) is 11.5. The van der Waals surface area contributed by atoms with Gasteiger partial charge in [-0.3, -0.25) is 4.79 Å². The van der Waals surface area contributed by atoms with Gasteiger partial charge in [-0.05, 0) is 31.2 Å². The molecule has 5 heteroatoms. The highest BCUT2D eigenvalue weighted by molar-refractivity contribution is 5.84. The van der Waals surface area contributed by atoms with E-state index in [-0.39, 0.29) is 6.61 Å². The molecule has 106 valence electrons. The van der Waals surface area contributed by atoms with E-state index < -0.39 is 11.4 Å². The zero-order valence-corrected chi connectivity index (χ0v) is 11.7. The van der Waals surface area contributed by atoms with E-state index in [4.69, 9.17) is 15.2 Å². The summed E-state index contributed by atoms with van der Waals surface area (Å²) in [6.07, 6.45) is 0. The van der Waals surface area contributed by atoms with Gasteiger partial charge in [0.15, 0.2) is 0 Å². The Labute approximate surface area is 114 Å². The number of primary amides is 1.